The Bertz CT molecular complexity index is 683. The van der Waals surface area contributed by atoms with Crippen molar-refractivity contribution < 1.29 is 20.4 Å². The zero-order valence-corrected chi connectivity index (χ0v) is 8.60. The molecule has 1 heterocycles. The van der Waals surface area contributed by atoms with Crippen LogP contribution in [0.15, 0.2) is 24.3 Å². The van der Waals surface area contributed by atoms with Crippen LogP contribution in [0.2, 0.25) is 0 Å². The summed E-state index contributed by atoms with van der Waals surface area (Å²) in [6, 6.07) is 5.87. The maximum Gasteiger partial charge on any atom is 0.167 e. The summed E-state index contributed by atoms with van der Waals surface area (Å²) in [6.45, 7) is 0. The lowest BCUT2D eigenvalue weighted by atomic mass is 10.1. The Balaban J connectivity index is 2.65. The minimum Gasteiger partial charge on any atom is -0.504 e. The molecule has 86 valence electrons. The van der Waals surface area contributed by atoms with Crippen molar-refractivity contribution in [1.82, 2.24) is 4.98 Å². The minimum atomic E-state index is -0.324. The Morgan fingerprint density at radius 2 is 1.06 bits per heavy atom. The fourth-order valence-electron chi connectivity index (χ4n) is 2.02. The molecule has 0 saturated heterocycles. The molecule has 3 rings (SSSR count). The minimum absolute atomic E-state index is 0.277. The first kappa shape index (κ1) is 9.65. The van der Waals surface area contributed by atoms with Crippen LogP contribution in [0.3, 0.4) is 0 Å². The highest BCUT2D eigenvalue weighted by Crippen LogP contribution is 2.44. The van der Waals surface area contributed by atoms with Crippen molar-refractivity contribution in [1.29, 1.82) is 0 Å². The predicted molar refractivity (Wildman–Crippen MR) is 62.5 cm³/mol. The Morgan fingerprint density at radius 1 is 0.647 bits per heavy atom. The molecule has 2 aromatic carbocycles. The molecule has 0 spiro atoms. The van der Waals surface area contributed by atoms with Crippen molar-refractivity contribution in [3.63, 3.8) is 0 Å². The van der Waals surface area contributed by atoms with Gasteiger partial charge in [-0.15, -0.1) is 0 Å². The third-order valence-electron chi connectivity index (χ3n) is 2.83. The van der Waals surface area contributed by atoms with E-state index in [1.54, 1.807) is 12.1 Å². The van der Waals surface area contributed by atoms with Gasteiger partial charge in [-0.2, -0.15) is 0 Å². The largest absolute Gasteiger partial charge is 0.504 e. The smallest absolute Gasteiger partial charge is 0.167 e. The van der Waals surface area contributed by atoms with E-state index in [0.29, 0.717) is 11.0 Å². The van der Waals surface area contributed by atoms with Gasteiger partial charge in [-0.3, -0.25) is 0 Å². The molecule has 5 N–H and O–H groups in total. The van der Waals surface area contributed by atoms with Gasteiger partial charge in [0.1, 0.15) is 0 Å². The third-order valence-corrected chi connectivity index (χ3v) is 2.83. The third kappa shape index (κ3) is 1.13. The van der Waals surface area contributed by atoms with Crippen LogP contribution in [0.1, 0.15) is 0 Å². The molecule has 0 bridgehead atoms. The number of hydrogen-bond donors (Lipinski definition) is 5. The van der Waals surface area contributed by atoms with E-state index in [4.69, 9.17) is 0 Å². The van der Waals surface area contributed by atoms with Gasteiger partial charge in [0, 0.05) is 0 Å². The van der Waals surface area contributed by atoms with E-state index in [-0.39, 0.29) is 33.8 Å². The quantitative estimate of drug-likeness (QED) is 0.383. The van der Waals surface area contributed by atoms with Crippen LogP contribution in [-0.4, -0.2) is 25.4 Å². The van der Waals surface area contributed by atoms with Gasteiger partial charge >= 0.3 is 0 Å². The van der Waals surface area contributed by atoms with Crippen LogP contribution >= 0.6 is 0 Å². The van der Waals surface area contributed by atoms with Gasteiger partial charge in [0.25, 0.3) is 0 Å². The monoisotopic (exact) mass is 231 g/mol. The Hall–Kier alpha value is -2.56. The lowest BCUT2D eigenvalue weighted by Gasteiger charge is -2.01. The van der Waals surface area contributed by atoms with Gasteiger partial charge < -0.3 is 25.4 Å². The number of aromatic amines is 1. The lowest BCUT2D eigenvalue weighted by molar-refractivity contribution is 0.405. The number of phenols is 4. The summed E-state index contributed by atoms with van der Waals surface area (Å²) in [7, 11) is 0. The molecular formula is C12H9NO4. The predicted octanol–water partition coefficient (Wildman–Crippen LogP) is 2.14. The van der Waals surface area contributed by atoms with Crippen LogP contribution in [-0.2, 0) is 0 Å². The summed E-state index contributed by atoms with van der Waals surface area (Å²) in [4.78, 5) is 2.97. The van der Waals surface area contributed by atoms with Gasteiger partial charge in [0.2, 0.25) is 0 Å². The zero-order chi connectivity index (χ0) is 12.2. The molecule has 0 saturated carbocycles. The van der Waals surface area contributed by atoms with Crippen molar-refractivity contribution in [3.8, 4) is 23.0 Å². The van der Waals surface area contributed by atoms with Gasteiger partial charge in [-0.1, -0.05) is 0 Å². The van der Waals surface area contributed by atoms with E-state index in [1.165, 1.54) is 12.1 Å². The first-order valence-electron chi connectivity index (χ1n) is 4.97. The van der Waals surface area contributed by atoms with Gasteiger partial charge in [0.15, 0.2) is 23.0 Å². The fourth-order valence-corrected chi connectivity index (χ4v) is 2.02. The summed E-state index contributed by atoms with van der Waals surface area (Å²) in [5, 5.41) is 39.1. The molecule has 3 aromatic rings. The standard InChI is InChI=1S/C12H9NO4/c14-7-3-1-5-9(11(7)16)10-6(13-5)2-4-8(15)12(10)17/h1-4,13-17H. The highest BCUT2D eigenvalue weighted by Gasteiger charge is 2.16. The summed E-state index contributed by atoms with van der Waals surface area (Å²) in [5.41, 5.74) is 1.13. The molecule has 0 aliphatic heterocycles. The Morgan fingerprint density at radius 3 is 1.47 bits per heavy atom. The lowest BCUT2D eigenvalue weighted by Crippen LogP contribution is -1.73. The van der Waals surface area contributed by atoms with E-state index in [1.807, 2.05) is 0 Å². The number of nitrogens with one attached hydrogen (secondary N) is 1. The first-order valence-corrected chi connectivity index (χ1v) is 4.97. The van der Waals surface area contributed by atoms with Crippen LogP contribution in [0.4, 0.5) is 0 Å². The highest BCUT2D eigenvalue weighted by atomic mass is 16.3. The average molecular weight is 231 g/mol. The second-order valence-corrected chi connectivity index (χ2v) is 3.84. The molecule has 5 nitrogen and oxygen atoms in total. The number of benzene rings is 2. The van der Waals surface area contributed by atoms with Crippen LogP contribution in [0, 0.1) is 0 Å². The van der Waals surface area contributed by atoms with Crippen molar-refractivity contribution >= 4 is 21.8 Å². The van der Waals surface area contributed by atoms with Crippen LogP contribution in [0.25, 0.3) is 21.8 Å². The van der Waals surface area contributed by atoms with Crippen molar-refractivity contribution in [2.24, 2.45) is 0 Å². The van der Waals surface area contributed by atoms with Crippen molar-refractivity contribution in [3.05, 3.63) is 24.3 Å². The molecule has 0 radical (unpaired) electrons. The second kappa shape index (κ2) is 2.98. The summed E-state index contributed by atoms with van der Waals surface area (Å²) in [5.74, 6) is -1.20. The molecule has 0 aliphatic rings. The molecular weight excluding hydrogens is 222 g/mol. The van der Waals surface area contributed by atoms with E-state index in [9.17, 15) is 20.4 Å². The number of hydrogen-bond acceptors (Lipinski definition) is 4. The number of aromatic hydroxyl groups is 4. The van der Waals surface area contributed by atoms with E-state index in [2.05, 4.69) is 4.98 Å². The highest BCUT2D eigenvalue weighted by molar-refractivity contribution is 6.14. The SMILES string of the molecule is Oc1ccc2[nH]c3ccc(O)c(O)c3c2c1O. The summed E-state index contributed by atoms with van der Waals surface area (Å²) >= 11 is 0. The first-order chi connectivity index (χ1) is 8.09. The average Bonchev–Trinajstić information content (AvgIpc) is 2.69. The second-order valence-electron chi connectivity index (χ2n) is 3.84. The van der Waals surface area contributed by atoms with Crippen molar-refractivity contribution in [2.45, 2.75) is 0 Å². The molecule has 5 heteroatoms. The molecule has 0 amide bonds. The van der Waals surface area contributed by atoms with Crippen LogP contribution < -0.4 is 0 Å². The number of phenolic OH excluding ortho intramolecular Hbond substituents is 4. The molecule has 0 aliphatic carbocycles. The topological polar surface area (TPSA) is 96.7 Å². The van der Waals surface area contributed by atoms with Crippen molar-refractivity contribution in [2.75, 3.05) is 0 Å². The van der Waals surface area contributed by atoms with Crippen LogP contribution in [0.5, 0.6) is 23.0 Å². The number of fused-ring (bicyclic) bond motifs is 3. The molecule has 0 fully saturated rings. The maximum absolute atomic E-state index is 9.80. The van der Waals surface area contributed by atoms with E-state index < -0.39 is 0 Å². The number of aromatic nitrogens is 1. The van der Waals surface area contributed by atoms with Gasteiger partial charge in [-0.25, -0.2) is 0 Å². The fraction of sp³-hybridized carbons (Fsp3) is 0. The maximum atomic E-state index is 9.80. The Labute approximate surface area is 95.2 Å². The number of H-pyrrole nitrogens is 1. The molecule has 1 aromatic heterocycles. The summed E-state index contributed by atoms with van der Waals surface area (Å²) in [6.07, 6.45) is 0. The van der Waals surface area contributed by atoms with E-state index >= 15 is 0 Å². The summed E-state index contributed by atoms with van der Waals surface area (Å²) < 4.78 is 0. The zero-order valence-electron chi connectivity index (χ0n) is 8.60. The Kier molecular flexibility index (Phi) is 1.69. The molecule has 0 atom stereocenters. The molecule has 17 heavy (non-hydrogen) atoms. The van der Waals surface area contributed by atoms with E-state index in [0.717, 1.165) is 0 Å². The molecule has 0 unspecified atom stereocenters. The normalized spacial score (nSPS) is 11.3. The van der Waals surface area contributed by atoms with Gasteiger partial charge in [0.05, 0.1) is 21.8 Å². The number of rotatable bonds is 0. The van der Waals surface area contributed by atoms with Gasteiger partial charge in [-0.05, 0) is 24.3 Å².